The Hall–Kier alpha value is -2.77. The van der Waals surface area contributed by atoms with E-state index in [0.29, 0.717) is 41.4 Å². The number of hydrogen-bond donors (Lipinski definition) is 3. The first-order chi connectivity index (χ1) is 16.4. The van der Waals surface area contributed by atoms with Crippen LogP contribution in [0.1, 0.15) is 52.7 Å². The van der Waals surface area contributed by atoms with E-state index in [0.717, 1.165) is 49.6 Å². The van der Waals surface area contributed by atoms with Crippen molar-refractivity contribution in [1.82, 2.24) is 20.9 Å². The van der Waals surface area contributed by atoms with E-state index in [2.05, 4.69) is 51.9 Å². The summed E-state index contributed by atoms with van der Waals surface area (Å²) < 4.78 is 5.21. The molecule has 7 nitrogen and oxygen atoms in total. The van der Waals surface area contributed by atoms with Gasteiger partial charge in [-0.3, -0.25) is 9.79 Å². The van der Waals surface area contributed by atoms with Crippen molar-refractivity contribution in [3.05, 3.63) is 63.7 Å². The summed E-state index contributed by atoms with van der Waals surface area (Å²) >= 11 is 6.24. The van der Waals surface area contributed by atoms with E-state index in [1.807, 2.05) is 24.3 Å². The second-order valence-electron chi connectivity index (χ2n) is 9.18. The Labute approximate surface area is 206 Å². The zero-order valence-corrected chi connectivity index (χ0v) is 20.9. The van der Waals surface area contributed by atoms with Crippen molar-refractivity contribution >= 4 is 23.5 Å². The average Bonchev–Trinajstić information content (AvgIpc) is 3.36. The quantitative estimate of drug-likeness (QED) is 0.561. The predicted octanol–water partition coefficient (Wildman–Crippen LogP) is 3.53. The Morgan fingerprint density at radius 2 is 2.09 bits per heavy atom. The minimum absolute atomic E-state index is 0.0904. The van der Waals surface area contributed by atoms with Crippen LogP contribution in [0.3, 0.4) is 0 Å². The number of carbonyl (C=O) groups excluding carboxylic acids is 1. The molecular formula is C26H34ClN5O2. The monoisotopic (exact) mass is 483 g/mol. The maximum Gasteiger partial charge on any atom is 0.251 e. The molecule has 2 atom stereocenters. The Kier molecular flexibility index (Phi) is 7.95. The highest BCUT2D eigenvalue weighted by molar-refractivity contribution is 6.32. The summed E-state index contributed by atoms with van der Waals surface area (Å²) in [5.74, 6) is 1.79. The summed E-state index contributed by atoms with van der Waals surface area (Å²) in [5, 5.41) is 10.2. The van der Waals surface area contributed by atoms with Gasteiger partial charge in [-0.15, -0.1) is 0 Å². The van der Waals surface area contributed by atoms with Gasteiger partial charge in [-0.25, -0.2) is 0 Å². The van der Waals surface area contributed by atoms with E-state index in [-0.39, 0.29) is 5.91 Å². The molecule has 2 unspecified atom stereocenters. The summed E-state index contributed by atoms with van der Waals surface area (Å²) in [6.07, 6.45) is 2.18. The zero-order chi connectivity index (χ0) is 24.1. The molecule has 1 amide bonds. The maximum atomic E-state index is 13.2. The number of nitrogens with zero attached hydrogens (tertiary/aromatic N) is 2. The molecule has 2 aliphatic rings. The number of amides is 1. The predicted molar refractivity (Wildman–Crippen MR) is 137 cm³/mol. The van der Waals surface area contributed by atoms with Gasteiger partial charge in [-0.05, 0) is 80.2 Å². The van der Waals surface area contributed by atoms with Gasteiger partial charge in [-0.2, -0.15) is 0 Å². The summed E-state index contributed by atoms with van der Waals surface area (Å²) in [5.41, 5.74) is 3.92. The molecule has 182 valence electrons. The number of ether oxygens (including phenoxy) is 1. The topological polar surface area (TPSA) is 78.0 Å². The summed E-state index contributed by atoms with van der Waals surface area (Å²) in [6.45, 7) is 6.00. The van der Waals surface area contributed by atoms with Gasteiger partial charge in [0, 0.05) is 31.2 Å². The molecule has 1 fully saturated rings. The molecule has 0 bridgehead atoms. The summed E-state index contributed by atoms with van der Waals surface area (Å²) in [6, 6.07) is 12.3. The van der Waals surface area contributed by atoms with Gasteiger partial charge in [0.2, 0.25) is 0 Å². The van der Waals surface area contributed by atoms with Crippen LogP contribution in [0.2, 0.25) is 5.02 Å². The SMILES string of the molecule is COc1ccc(CNC(=O)c2cc(CNC3=NCCN3)cc(C3CCN(C)C(C)C3)c2)cc1Cl. The van der Waals surface area contributed by atoms with Crippen LogP contribution in [-0.2, 0) is 13.1 Å². The number of nitrogens with one attached hydrogen (secondary N) is 3. The first-order valence-electron chi connectivity index (χ1n) is 11.9. The fourth-order valence-electron chi connectivity index (χ4n) is 4.59. The van der Waals surface area contributed by atoms with Crippen molar-refractivity contribution in [2.24, 2.45) is 4.99 Å². The molecule has 2 aromatic carbocycles. The maximum absolute atomic E-state index is 13.2. The molecular weight excluding hydrogens is 450 g/mol. The molecule has 0 saturated carbocycles. The fraction of sp³-hybridized carbons (Fsp3) is 0.462. The number of hydrogen-bond acceptors (Lipinski definition) is 6. The molecule has 3 N–H and O–H groups in total. The number of guanidine groups is 1. The fourth-order valence-corrected chi connectivity index (χ4v) is 4.87. The number of rotatable bonds is 7. The van der Waals surface area contributed by atoms with E-state index in [4.69, 9.17) is 16.3 Å². The lowest BCUT2D eigenvalue weighted by molar-refractivity contribution is 0.0950. The second kappa shape index (κ2) is 11.1. The number of piperidine rings is 1. The normalized spacial score (nSPS) is 20.4. The summed E-state index contributed by atoms with van der Waals surface area (Å²) in [7, 11) is 3.77. The third-order valence-corrected chi connectivity index (χ3v) is 7.06. The van der Waals surface area contributed by atoms with Gasteiger partial charge in [-0.1, -0.05) is 23.7 Å². The number of halogens is 1. The Morgan fingerprint density at radius 3 is 2.79 bits per heavy atom. The van der Waals surface area contributed by atoms with Crippen LogP contribution in [-0.4, -0.2) is 56.6 Å². The number of aliphatic imine (C=N–C) groups is 1. The van der Waals surface area contributed by atoms with E-state index in [1.54, 1.807) is 7.11 Å². The Morgan fingerprint density at radius 1 is 1.24 bits per heavy atom. The van der Waals surface area contributed by atoms with Gasteiger partial charge < -0.3 is 25.6 Å². The van der Waals surface area contributed by atoms with Gasteiger partial charge in [0.1, 0.15) is 5.75 Å². The van der Waals surface area contributed by atoms with Crippen molar-refractivity contribution in [1.29, 1.82) is 0 Å². The van der Waals surface area contributed by atoms with Crippen LogP contribution in [0, 0.1) is 0 Å². The summed E-state index contributed by atoms with van der Waals surface area (Å²) in [4.78, 5) is 20.0. The van der Waals surface area contributed by atoms with Gasteiger partial charge >= 0.3 is 0 Å². The molecule has 2 aliphatic heterocycles. The van der Waals surface area contributed by atoms with Crippen molar-refractivity contribution in [2.75, 3.05) is 33.8 Å². The lowest BCUT2D eigenvalue weighted by atomic mass is 9.84. The molecule has 2 aromatic rings. The molecule has 34 heavy (non-hydrogen) atoms. The molecule has 0 spiro atoms. The van der Waals surface area contributed by atoms with E-state index < -0.39 is 0 Å². The van der Waals surface area contributed by atoms with E-state index in [1.165, 1.54) is 5.56 Å². The van der Waals surface area contributed by atoms with Gasteiger partial charge in [0.25, 0.3) is 5.91 Å². The van der Waals surface area contributed by atoms with E-state index >= 15 is 0 Å². The first kappa shape index (κ1) is 24.4. The second-order valence-corrected chi connectivity index (χ2v) is 9.58. The lowest BCUT2D eigenvalue weighted by Crippen LogP contribution is -2.37. The smallest absolute Gasteiger partial charge is 0.251 e. The standard InChI is InChI=1S/C26H34ClN5O2/c1-17-10-20(6-9-32(17)2)21-11-19(16-31-26-28-7-8-29-26)12-22(14-21)25(33)30-15-18-4-5-24(34-3)23(27)13-18/h4-5,11-14,17,20H,6-10,15-16H2,1-3H3,(H,30,33)(H2,28,29,31). The van der Waals surface area contributed by atoms with Crippen molar-refractivity contribution in [3.63, 3.8) is 0 Å². The van der Waals surface area contributed by atoms with Crippen molar-refractivity contribution in [3.8, 4) is 5.75 Å². The molecule has 8 heteroatoms. The van der Waals surface area contributed by atoms with Crippen LogP contribution in [0.25, 0.3) is 0 Å². The highest BCUT2D eigenvalue weighted by atomic mass is 35.5. The van der Waals surface area contributed by atoms with Crippen LogP contribution in [0.15, 0.2) is 41.4 Å². The third kappa shape index (κ3) is 6.02. The zero-order valence-electron chi connectivity index (χ0n) is 20.2. The highest BCUT2D eigenvalue weighted by Crippen LogP contribution is 2.32. The molecule has 0 radical (unpaired) electrons. The van der Waals surface area contributed by atoms with Gasteiger partial charge in [0.05, 0.1) is 18.7 Å². The lowest BCUT2D eigenvalue weighted by Gasteiger charge is -2.35. The number of benzene rings is 2. The minimum Gasteiger partial charge on any atom is -0.495 e. The third-order valence-electron chi connectivity index (χ3n) is 6.76. The van der Waals surface area contributed by atoms with Crippen LogP contribution >= 0.6 is 11.6 Å². The largest absolute Gasteiger partial charge is 0.495 e. The van der Waals surface area contributed by atoms with Crippen LogP contribution in [0.5, 0.6) is 5.75 Å². The molecule has 4 rings (SSSR count). The molecule has 0 aromatic heterocycles. The highest BCUT2D eigenvalue weighted by Gasteiger charge is 2.25. The Bertz CT molecular complexity index is 1060. The minimum atomic E-state index is -0.0904. The van der Waals surface area contributed by atoms with Crippen LogP contribution in [0.4, 0.5) is 0 Å². The average molecular weight is 484 g/mol. The molecule has 0 aliphatic carbocycles. The van der Waals surface area contributed by atoms with Crippen LogP contribution < -0.4 is 20.7 Å². The first-order valence-corrected chi connectivity index (χ1v) is 12.3. The van der Waals surface area contributed by atoms with Crippen molar-refractivity contribution in [2.45, 2.75) is 44.8 Å². The molecule has 2 heterocycles. The van der Waals surface area contributed by atoms with Gasteiger partial charge in [0.15, 0.2) is 5.96 Å². The van der Waals surface area contributed by atoms with E-state index in [9.17, 15) is 4.79 Å². The molecule has 1 saturated heterocycles. The number of likely N-dealkylation sites (tertiary alicyclic amines) is 1. The Balaban J connectivity index is 1.51. The number of carbonyl (C=O) groups is 1. The number of methoxy groups -OCH3 is 1. The van der Waals surface area contributed by atoms with Crippen molar-refractivity contribution < 1.29 is 9.53 Å².